The molecular formula is C19H22F2N2O4S. The summed E-state index contributed by atoms with van der Waals surface area (Å²) in [6, 6.07) is 9.62. The number of hydrogen-bond donors (Lipinski definition) is 2. The summed E-state index contributed by atoms with van der Waals surface area (Å²) in [7, 11) is -1.91. The molecule has 1 aliphatic rings. The Kier molecular flexibility index (Phi) is 7.61. The second kappa shape index (κ2) is 9.72. The zero-order valence-electron chi connectivity index (χ0n) is 15.3. The van der Waals surface area contributed by atoms with Crippen LogP contribution < -0.4 is 5.32 Å². The van der Waals surface area contributed by atoms with E-state index < -0.39 is 27.8 Å². The van der Waals surface area contributed by atoms with E-state index in [4.69, 9.17) is 0 Å². The van der Waals surface area contributed by atoms with E-state index in [9.17, 15) is 27.1 Å². The highest BCUT2D eigenvalue weighted by molar-refractivity contribution is 7.89. The summed E-state index contributed by atoms with van der Waals surface area (Å²) in [5.74, 6) is -1.65. The maximum absolute atomic E-state index is 12.4. The first-order chi connectivity index (χ1) is 13.3. The van der Waals surface area contributed by atoms with Crippen LogP contribution in [0.25, 0.3) is 0 Å². The van der Waals surface area contributed by atoms with Crippen molar-refractivity contribution in [3.8, 4) is 0 Å². The van der Waals surface area contributed by atoms with E-state index in [2.05, 4.69) is 5.32 Å². The molecule has 2 aromatic carbocycles. The number of aldehydes is 1. The van der Waals surface area contributed by atoms with Crippen LogP contribution in [-0.2, 0) is 10.0 Å². The van der Waals surface area contributed by atoms with Gasteiger partial charge < -0.3 is 10.4 Å². The van der Waals surface area contributed by atoms with Crippen molar-refractivity contribution in [2.45, 2.75) is 23.8 Å². The highest BCUT2D eigenvalue weighted by Gasteiger charge is 2.28. The third-order valence-corrected chi connectivity index (χ3v) is 6.16. The standard InChI is InChI=1S/C12H15NO4S.C7H7F2N/c14-9-10-2-1-3-12(8-10)18(16,17)13-6-4-11(15)5-7-13;1-10-5-2-3-6(8)7(9)4-5/h1-3,8-9,11,15H,4-7H2;2-4,10H,1H3. The monoisotopic (exact) mass is 412 g/mol. The van der Waals surface area contributed by atoms with Gasteiger partial charge in [0.25, 0.3) is 0 Å². The maximum atomic E-state index is 12.4. The zero-order chi connectivity index (χ0) is 20.7. The Labute approximate surface area is 162 Å². The number of sulfonamides is 1. The molecule has 6 nitrogen and oxygen atoms in total. The normalized spacial score (nSPS) is 15.4. The number of aliphatic hydroxyl groups is 1. The number of nitrogens with one attached hydrogen (secondary N) is 1. The fraction of sp³-hybridized carbons (Fsp3) is 0.316. The summed E-state index contributed by atoms with van der Waals surface area (Å²) in [6.45, 7) is 0.629. The van der Waals surface area contributed by atoms with Crippen molar-refractivity contribution in [2.24, 2.45) is 0 Å². The lowest BCUT2D eigenvalue weighted by Crippen LogP contribution is -2.40. The smallest absolute Gasteiger partial charge is 0.243 e. The van der Waals surface area contributed by atoms with E-state index >= 15 is 0 Å². The predicted molar refractivity (Wildman–Crippen MR) is 102 cm³/mol. The lowest BCUT2D eigenvalue weighted by molar-refractivity contribution is 0.112. The Morgan fingerprint density at radius 1 is 1.11 bits per heavy atom. The molecule has 9 heteroatoms. The Hall–Kier alpha value is -2.36. The van der Waals surface area contributed by atoms with Crippen LogP contribution in [0.3, 0.4) is 0 Å². The largest absolute Gasteiger partial charge is 0.393 e. The summed E-state index contributed by atoms with van der Waals surface area (Å²) < 4.78 is 50.5. The van der Waals surface area contributed by atoms with Gasteiger partial charge in [0.2, 0.25) is 10.0 Å². The first-order valence-electron chi connectivity index (χ1n) is 8.64. The van der Waals surface area contributed by atoms with Crippen LogP contribution in [0.15, 0.2) is 47.4 Å². The van der Waals surface area contributed by atoms with Crippen molar-refractivity contribution in [1.82, 2.24) is 4.31 Å². The zero-order valence-corrected chi connectivity index (χ0v) is 16.1. The molecule has 0 radical (unpaired) electrons. The number of anilines is 1. The van der Waals surface area contributed by atoms with Crippen molar-refractivity contribution in [2.75, 3.05) is 25.5 Å². The number of aliphatic hydroxyl groups excluding tert-OH is 1. The topological polar surface area (TPSA) is 86.7 Å². The summed E-state index contributed by atoms with van der Waals surface area (Å²) >= 11 is 0. The molecule has 3 rings (SSSR count). The molecule has 2 N–H and O–H groups in total. The maximum Gasteiger partial charge on any atom is 0.243 e. The Bertz CT molecular complexity index is 914. The molecule has 28 heavy (non-hydrogen) atoms. The second-order valence-electron chi connectivity index (χ2n) is 6.20. The van der Waals surface area contributed by atoms with E-state index in [1.165, 1.54) is 22.5 Å². The molecule has 1 heterocycles. The van der Waals surface area contributed by atoms with Crippen LogP contribution in [0.5, 0.6) is 0 Å². The molecule has 0 unspecified atom stereocenters. The SMILES string of the molecule is CNc1ccc(F)c(F)c1.O=Cc1cccc(S(=O)(=O)N2CCC(O)CC2)c1. The number of benzene rings is 2. The number of rotatable bonds is 4. The van der Waals surface area contributed by atoms with Gasteiger partial charge in [0.15, 0.2) is 11.6 Å². The molecule has 1 aliphatic heterocycles. The Balaban J connectivity index is 0.000000237. The van der Waals surface area contributed by atoms with Crippen LogP contribution >= 0.6 is 0 Å². The first-order valence-corrected chi connectivity index (χ1v) is 10.1. The lowest BCUT2D eigenvalue weighted by Gasteiger charge is -2.28. The molecule has 0 aromatic heterocycles. The van der Waals surface area contributed by atoms with Gasteiger partial charge >= 0.3 is 0 Å². The molecule has 152 valence electrons. The number of piperidine rings is 1. The van der Waals surface area contributed by atoms with Crippen LogP contribution in [0, 0.1) is 11.6 Å². The molecule has 0 spiro atoms. The first kappa shape index (κ1) is 21.9. The average molecular weight is 412 g/mol. The second-order valence-corrected chi connectivity index (χ2v) is 8.14. The predicted octanol–water partition coefficient (Wildman–Crippen LogP) is 2.65. The summed E-state index contributed by atoms with van der Waals surface area (Å²) in [6.07, 6.45) is 1.11. The van der Waals surface area contributed by atoms with Crippen LogP contribution in [0.2, 0.25) is 0 Å². The van der Waals surface area contributed by atoms with E-state index in [-0.39, 0.29) is 4.90 Å². The van der Waals surface area contributed by atoms with Crippen molar-refractivity contribution in [3.05, 3.63) is 59.7 Å². The van der Waals surface area contributed by atoms with Gasteiger partial charge in [-0.05, 0) is 43.2 Å². The molecule has 2 aromatic rings. The molecule has 1 saturated heterocycles. The van der Waals surface area contributed by atoms with Crippen LogP contribution in [0.4, 0.5) is 14.5 Å². The minimum absolute atomic E-state index is 0.128. The number of halogens is 2. The van der Waals surface area contributed by atoms with Crippen molar-refractivity contribution in [3.63, 3.8) is 0 Å². The van der Waals surface area contributed by atoms with Gasteiger partial charge in [0, 0.05) is 31.4 Å². The van der Waals surface area contributed by atoms with Crippen LogP contribution in [-0.4, -0.2) is 50.4 Å². The molecule has 1 fully saturated rings. The van der Waals surface area contributed by atoms with Crippen molar-refractivity contribution < 1.29 is 27.1 Å². The Morgan fingerprint density at radius 3 is 2.36 bits per heavy atom. The van der Waals surface area contributed by atoms with E-state index in [0.29, 0.717) is 43.5 Å². The molecule has 0 bridgehead atoms. The molecule has 0 amide bonds. The van der Waals surface area contributed by atoms with Gasteiger partial charge in [-0.15, -0.1) is 0 Å². The fourth-order valence-electron chi connectivity index (χ4n) is 2.63. The number of nitrogens with zero attached hydrogens (tertiary/aromatic N) is 1. The summed E-state index contributed by atoms with van der Waals surface area (Å²) in [4.78, 5) is 10.8. The van der Waals surface area contributed by atoms with E-state index in [1.807, 2.05) is 0 Å². The number of carbonyl (C=O) groups excluding carboxylic acids is 1. The highest BCUT2D eigenvalue weighted by atomic mass is 32.2. The van der Waals surface area contributed by atoms with E-state index in [0.717, 1.165) is 12.1 Å². The van der Waals surface area contributed by atoms with Gasteiger partial charge in [-0.2, -0.15) is 4.31 Å². The molecule has 0 saturated carbocycles. The summed E-state index contributed by atoms with van der Waals surface area (Å²) in [5, 5.41) is 12.1. The number of carbonyl (C=O) groups is 1. The lowest BCUT2D eigenvalue weighted by atomic mass is 10.1. The third-order valence-electron chi connectivity index (χ3n) is 4.26. The van der Waals surface area contributed by atoms with Gasteiger partial charge in [-0.25, -0.2) is 17.2 Å². The Morgan fingerprint density at radius 2 is 1.79 bits per heavy atom. The van der Waals surface area contributed by atoms with Crippen molar-refractivity contribution >= 4 is 22.0 Å². The molecule has 0 atom stereocenters. The molecule has 0 aliphatic carbocycles. The minimum atomic E-state index is -3.55. The fourth-order valence-corrected chi connectivity index (χ4v) is 4.16. The summed E-state index contributed by atoms with van der Waals surface area (Å²) in [5.41, 5.74) is 0.909. The van der Waals surface area contributed by atoms with Gasteiger partial charge in [0.1, 0.15) is 6.29 Å². The third kappa shape index (κ3) is 5.57. The minimum Gasteiger partial charge on any atom is -0.393 e. The van der Waals surface area contributed by atoms with Gasteiger partial charge in [-0.1, -0.05) is 12.1 Å². The average Bonchev–Trinajstić information content (AvgIpc) is 2.71. The van der Waals surface area contributed by atoms with Gasteiger partial charge in [-0.3, -0.25) is 4.79 Å². The van der Waals surface area contributed by atoms with Crippen LogP contribution in [0.1, 0.15) is 23.2 Å². The number of hydrogen-bond acceptors (Lipinski definition) is 5. The van der Waals surface area contributed by atoms with Crippen molar-refractivity contribution in [1.29, 1.82) is 0 Å². The highest BCUT2D eigenvalue weighted by Crippen LogP contribution is 2.21. The quantitative estimate of drug-likeness (QED) is 0.754. The van der Waals surface area contributed by atoms with Gasteiger partial charge in [0.05, 0.1) is 11.0 Å². The van der Waals surface area contributed by atoms with E-state index in [1.54, 1.807) is 19.2 Å². The molecular weight excluding hydrogens is 390 g/mol.